The first kappa shape index (κ1) is 15.4. The maximum Gasteiger partial charge on any atom is 0.303 e. The average Bonchev–Trinajstić information content (AvgIpc) is 2.86. The number of nitrogens with zero attached hydrogens (tertiary/aromatic N) is 2. The van der Waals surface area contributed by atoms with E-state index in [9.17, 15) is 14.9 Å². The highest BCUT2D eigenvalue weighted by Gasteiger charge is 2.24. The summed E-state index contributed by atoms with van der Waals surface area (Å²) in [4.78, 5) is 23.4. The van der Waals surface area contributed by atoms with Gasteiger partial charge in [0.2, 0.25) is 0 Å². The molecule has 2 rings (SSSR count). The summed E-state index contributed by atoms with van der Waals surface area (Å²) in [6.07, 6.45) is 1.93. The molecule has 21 heavy (non-hydrogen) atoms. The Bertz CT molecular complexity index is 544. The summed E-state index contributed by atoms with van der Waals surface area (Å²) in [5, 5.41) is 19.7. The van der Waals surface area contributed by atoms with Gasteiger partial charge >= 0.3 is 5.97 Å². The van der Waals surface area contributed by atoms with E-state index in [1.807, 2.05) is 6.07 Å². The molecule has 0 bridgehead atoms. The molecule has 1 aliphatic rings. The fraction of sp³-hybridized carbons (Fsp3) is 0.533. The van der Waals surface area contributed by atoms with Gasteiger partial charge in [-0.1, -0.05) is 12.1 Å². The predicted molar refractivity (Wildman–Crippen MR) is 78.1 cm³/mol. The second-order valence-corrected chi connectivity index (χ2v) is 5.64. The molecule has 0 radical (unpaired) electrons. The van der Waals surface area contributed by atoms with Crippen molar-refractivity contribution in [3.05, 3.63) is 39.4 Å². The lowest BCUT2D eigenvalue weighted by atomic mass is 10.0. The van der Waals surface area contributed by atoms with E-state index in [2.05, 4.69) is 4.90 Å². The first-order chi connectivity index (χ1) is 9.97. The third kappa shape index (κ3) is 4.01. The molecule has 1 N–H and O–H groups in total. The van der Waals surface area contributed by atoms with Crippen molar-refractivity contribution in [2.24, 2.45) is 5.92 Å². The van der Waals surface area contributed by atoms with Crippen LogP contribution in [0.1, 0.15) is 30.4 Å². The highest BCUT2D eigenvalue weighted by Crippen LogP contribution is 2.26. The van der Waals surface area contributed by atoms with Crippen LogP contribution in [-0.4, -0.2) is 34.0 Å². The third-order valence-corrected chi connectivity index (χ3v) is 4.14. The SMILES string of the molecule is Cc1c(CN2CCC(CCC(=O)O)C2)cccc1[N+](=O)[O-]. The van der Waals surface area contributed by atoms with Crippen molar-refractivity contribution in [2.75, 3.05) is 13.1 Å². The fourth-order valence-electron chi connectivity index (χ4n) is 2.90. The van der Waals surface area contributed by atoms with Gasteiger partial charge in [0.1, 0.15) is 0 Å². The number of carboxylic acids is 1. The molecule has 0 amide bonds. The van der Waals surface area contributed by atoms with Gasteiger partial charge in [-0.15, -0.1) is 0 Å². The van der Waals surface area contributed by atoms with Crippen molar-refractivity contribution in [3.8, 4) is 0 Å². The van der Waals surface area contributed by atoms with Crippen molar-refractivity contribution < 1.29 is 14.8 Å². The Hall–Kier alpha value is -1.95. The Balaban J connectivity index is 1.96. The maximum absolute atomic E-state index is 10.9. The summed E-state index contributed by atoms with van der Waals surface area (Å²) in [6, 6.07) is 5.17. The van der Waals surface area contributed by atoms with E-state index in [1.165, 1.54) is 6.07 Å². The standard InChI is InChI=1S/C15H20N2O4/c1-11-13(3-2-4-14(11)17(20)21)10-16-8-7-12(9-16)5-6-15(18)19/h2-4,12H,5-10H2,1H3,(H,18,19). The number of nitro benzene ring substituents is 1. The monoisotopic (exact) mass is 292 g/mol. The molecular weight excluding hydrogens is 272 g/mol. The van der Waals surface area contributed by atoms with Crippen molar-refractivity contribution in [1.29, 1.82) is 0 Å². The van der Waals surface area contributed by atoms with Gasteiger partial charge in [0.25, 0.3) is 5.69 Å². The molecule has 1 aliphatic heterocycles. The number of rotatable bonds is 6. The lowest BCUT2D eigenvalue weighted by molar-refractivity contribution is -0.385. The number of likely N-dealkylation sites (tertiary alicyclic amines) is 1. The Morgan fingerprint density at radius 1 is 1.52 bits per heavy atom. The minimum Gasteiger partial charge on any atom is -0.481 e. The first-order valence-corrected chi connectivity index (χ1v) is 7.14. The summed E-state index contributed by atoms with van der Waals surface area (Å²) in [7, 11) is 0. The molecule has 0 aliphatic carbocycles. The molecule has 0 saturated carbocycles. The first-order valence-electron chi connectivity index (χ1n) is 7.14. The average molecular weight is 292 g/mol. The van der Waals surface area contributed by atoms with Gasteiger partial charge in [0.05, 0.1) is 4.92 Å². The lowest BCUT2D eigenvalue weighted by Gasteiger charge is -2.17. The van der Waals surface area contributed by atoms with Crippen LogP contribution in [0.2, 0.25) is 0 Å². The number of hydrogen-bond donors (Lipinski definition) is 1. The molecule has 1 fully saturated rings. The molecule has 114 valence electrons. The van der Waals surface area contributed by atoms with Crippen molar-refractivity contribution >= 4 is 11.7 Å². The molecule has 1 heterocycles. The molecule has 1 aromatic carbocycles. The molecular formula is C15H20N2O4. The zero-order valence-corrected chi connectivity index (χ0v) is 12.1. The van der Waals surface area contributed by atoms with E-state index in [0.29, 0.717) is 18.9 Å². The number of hydrogen-bond acceptors (Lipinski definition) is 4. The zero-order valence-electron chi connectivity index (χ0n) is 12.1. The second-order valence-electron chi connectivity index (χ2n) is 5.64. The van der Waals surface area contributed by atoms with Crippen molar-refractivity contribution in [2.45, 2.75) is 32.7 Å². The van der Waals surface area contributed by atoms with Crippen LogP contribution in [0.25, 0.3) is 0 Å². The Morgan fingerprint density at radius 2 is 2.29 bits per heavy atom. The smallest absolute Gasteiger partial charge is 0.303 e. The Labute approximate surface area is 123 Å². The fourth-order valence-corrected chi connectivity index (χ4v) is 2.90. The molecule has 6 heteroatoms. The van der Waals surface area contributed by atoms with Gasteiger partial charge in [-0.25, -0.2) is 0 Å². The number of nitro groups is 1. The molecule has 6 nitrogen and oxygen atoms in total. The van der Waals surface area contributed by atoms with Gasteiger partial charge in [-0.05, 0) is 37.8 Å². The topological polar surface area (TPSA) is 83.7 Å². The van der Waals surface area contributed by atoms with Crippen LogP contribution in [0.15, 0.2) is 18.2 Å². The van der Waals surface area contributed by atoms with Gasteiger partial charge in [0.15, 0.2) is 0 Å². The highest BCUT2D eigenvalue weighted by atomic mass is 16.6. The quantitative estimate of drug-likeness (QED) is 0.643. The molecule has 1 atom stereocenters. The van der Waals surface area contributed by atoms with Crippen LogP contribution >= 0.6 is 0 Å². The summed E-state index contributed by atoms with van der Waals surface area (Å²) >= 11 is 0. The molecule has 1 saturated heterocycles. The number of aliphatic carboxylic acids is 1. The maximum atomic E-state index is 10.9. The lowest BCUT2D eigenvalue weighted by Crippen LogP contribution is -2.21. The predicted octanol–water partition coefficient (Wildman–Crippen LogP) is 2.59. The zero-order chi connectivity index (χ0) is 15.4. The Morgan fingerprint density at radius 3 is 2.95 bits per heavy atom. The van der Waals surface area contributed by atoms with Crippen LogP contribution in [0.4, 0.5) is 5.69 Å². The summed E-state index contributed by atoms with van der Waals surface area (Å²) in [5.41, 5.74) is 1.86. The van der Waals surface area contributed by atoms with E-state index in [0.717, 1.165) is 30.6 Å². The number of carbonyl (C=O) groups is 1. The summed E-state index contributed by atoms with van der Waals surface area (Å²) < 4.78 is 0. The van der Waals surface area contributed by atoms with Gasteiger partial charge in [-0.3, -0.25) is 19.8 Å². The highest BCUT2D eigenvalue weighted by molar-refractivity contribution is 5.66. The van der Waals surface area contributed by atoms with Crippen LogP contribution in [0, 0.1) is 23.0 Å². The van der Waals surface area contributed by atoms with Crippen molar-refractivity contribution in [1.82, 2.24) is 4.90 Å². The van der Waals surface area contributed by atoms with Crippen molar-refractivity contribution in [3.63, 3.8) is 0 Å². The summed E-state index contributed by atoms with van der Waals surface area (Å²) in [6.45, 7) is 4.27. The molecule has 0 aromatic heterocycles. The van der Waals surface area contributed by atoms with E-state index < -0.39 is 5.97 Å². The van der Waals surface area contributed by atoms with Crippen LogP contribution in [-0.2, 0) is 11.3 Å². The number of benzene rings is 1. The molecule has 1 aromatic rings. The van der Waals surface area contributed by atoms with Crippen LogP contribution in [0.5, 0.6) is 0 Å². The normalized spacial score (nSPS) is 18.8. The van der Waals surface area contributed by atoms with E-state index in [4.69, 9.17) is 5.11 Å². The van der Waals surface area contributed by atoms with Gasteiger partial charge in [-0.2, -0.15) is 0 Å². The third-order valence-electron chi connectivity index (χ3n) is 4.14. The largest absolute Gasteiger partial charge is 0.481 e. The van der Waals surface area contributed by atoms with Crippen LogP contribution in [0.3, 0.4) is 0 Å². The van der Waals surface area contributed by atoms with Gasteiger partial charge in [0, 0.05) is 31.1 Å². The second kappa shape index (κ2) is 6.67. The Kier molecular flexibility index (Phi) is 4.90. The molecule has 1 unspecified atom stereocenters. The van der Waals surface area contributed by atoms with Crippen LogP contribution < -0.4 is 0 Å². The summed E-state index contributed by atoms with van der Waals surface area (Å²) in [5.74, 6) is -0.330. The van der Waals surface area contributed by atoms with Gasteiger partial charge < -0.3 is 5.11 Å². The van der Waals surface area contributed by atoms with E-state index in [1.54, 1.807) is 13.0 Å². The van der Waals surface area contributed by atoms with E-state index >= 15 is 0 Å². The number of carboxylic acid groups (broad SMARTS) is 1. The molecule has 0 spiro atoms. The minimum atomic E-state index is -0.747. The minimum absolute atomic E-state index is 0.161. The van der Waals surface area contributed by atoms with E-state index in [-0.39, 0.29) is 17.0 Å².